The summed E-state index contributed by atoms with van der Waals surface area (Å²) in [5.74, 6) is 1.04. The van der Waals surface area contributed by atoms with Crippen LogP contribution in [0.2, 0.25) is 5.02 Å². The quantitative estimate of drug-likeness (QED) is 0.290. The van der Waals surface area contributed by atoms with Crippen molar-refractivity contribution in [3.8, 4) is 11.6 Å². The lowest BCUT2D eigenvalue weighted by molar-refractivity contribution is 0.531. The molecule has 0 saturated heterocycles. The Morgan fingerprint density at radius 2 is 1.79 bits per heavy atom. The van der Waals surface area contributed by atoms with E-state index in [2.05, 4.69) is 59.6 Å². The lowest BCUT2D eigenvalue weighted by Crippen LogP contribution is -1.87. The van der Waals surface area contributed by atoms with Gasteiger partial charge in [0.1, 0.15) is 5.69 Å². The van der Waals surface area contributed by atoms with Crippen molar-refractivity contribution < 1.29 is 4.42 Å². The molecular formula is C27H39ClN4O. The largest absolute Gasteiger partial charge is 0.420 e. The van der Waals surface area contributed by atoms with E-state index >= 15 is 0 Å². The van der Waals surface area contributed by atoms with Gasteiger partial charge in [-0.25, -0.2) is 0 Å². The highest BCUT2D eigenvalue weighted by Gasteiger charge is 2.20. The Labute approximate surface area is 204 Å². The molecule has 1 aromatic carbocycles. The Hall–Kier alpha value is -2.89. The molecule has 3 N–H and O–H groups in total. The van der Waals surface area contributed by atoms with Crippen molar-refractivity contribution >= 4 is 28.1 Å². The third kappa shape index (κ3) is 9.64. The second kappa shape index (κ2) is 17.6. The monoisotopic (exact) mass is 470 g/mol. The normalized spacial score (nSPS) is 10.9. The third-order valence-electron chi connectivity index (χ3n) is 4.21. The van der Waals surface area contributed by atoms with E-state index in [0.717, 1.165) is 35.0 Å². The molecule has 0 atom stereocenters. The van der Waals surface area contributed by atoms with Crippen LogP contribution in [-0.4, -0.2) is 22.2 Å². The SMILES string of the molecule is C/C=C/C.C=CC.CC/C=C\C=C(/CC)c1c(-c2nnc(C)o2)[nH]c2ccc(Cl)cc12.CN. The summed E-state index contributed by atoms with van der Waals surface area (Å²) < 4.78 is 5.66. The van der Waals surface area contributed by atoms with E-state index in [0.29, 0.717) is 16.8 Å². The van der Waals surface area contributed by atoms with Crippen LogP contribution in [0.3, 0.4) is 0 Å². The van der Waals surface area contributed by atoms with Crippen LogP contribution in [0.4, 0.5) is 0 Å². The zero-order valence-corrected chi connectivity index (χ0v) is 21.8. The zero-order chi connectivity index (χ0) is 25.2. The molecule has 0 bridgehead atoms. The molecule has 33 heavy (non-hydrogen) atoms. The van der Waals surface area contributed by atoms with E-state index < -0.39 is 0 Å². The summed E-state index contributed by atoms with van der Waals surface area (Å²) >= 11 is 6.23. The number of halogens is 1. The molecule has 0 spiro atoms. The molecule has 6 heteroatoms. The third-order valence-corrected chi connectivity index (χ3v) is 4.44. The fraction of sp³-hybridized carbons (Fsp3) is 0.333. The topological polar surface area (TPSA) is 80.7 Å². The van der Waals surface area contributed by atoms with Gasteiger partial charge in [-0.2, -0.15) is 0 Å². The molecule has 0 fully saturated rings. The summed E-state index contributed by atoms with van der Waals surface area (Å²) in [6.07, 6.45) is 14.0. The van der Waals surface area contributed by atoms with Crippen molar-refractivity contribution in [1.82, 2.24) is 15.2 Å². The van der Waals surface area contributed by atoms with Crippen molar-refractivity contribution in [2.75, 3.05) is 7.05 Å². The predicted octanol–water partition coefficient (Wildman–Crippen LogP) is 8.29. The molecule has 0 saturated carbocycles. The van der Waals surface area contributed by atoms with Crippen LogP contribution in [0, 0.1) is 6.92 Å². The number of nitrogens with one attached hydrogen (secondary N) is 1. The predicted molar refractivity (Wildman–Crippen MR) is 146 cm³/mol. The first-order valence-corrected chi connectivity index (χ1v) is 11.5. The van der Waals surface area contributed by atoms with Crippen molar-refractivity contribution in [3.05, 3.63) is 77.7 Å². The van der Waals surface area contributed by atoms with Gasteiger partial charge in [0.15, 0.2) is 0 Å². The number of fused-ring (bicyclic) bond motifs is 1. The minimum Gasteiger partial charge on any atom is -0.420 e. The smallest absolute Gasteiger partial charge is 0.264 e. The van der Waals surface area contributed by atoms with Crippen molar-refractivity contribution in [3.63, 3.8) is 0 Å². The number of nitrogens with two attached hydrogens (primary N) is 1. The van der Waals surface area contributed by atoms with Crippen molar-refractivity contribution in [2.45, 2.75) is 54.4 Å². The number of hydrogen-bond acceptors (Lipinski definition) is 4. The standard InChI is InChI=1S/C19H20ClN3O.C4H8.C3H6.CH5N/c1-4-6-7-8-13(5-2)17-15-11-14(20)9-10-16(15)21-18(17)19-23-22-12(3)24-19;1-3-4-2;1-3-2;1-2/h6-11,21H,4-5H2,1-3H3;3-4H,1-2H3;3H,1H2,2H3;2H2,1H3/b7-6-,13-8+;4-3+;;. The number of aromatic amines is 1. The lowest BCUT2D eigenvalue weighted by Gasteiger charge is -2.05. The van der Waals surface area contributed by atoms with Gasteiger partial charge >= 0.3 is 0 Å². The van der Waals surface area contributed by atoms with Crippen LogP contribution in [0.25, 0.3) is 28.1 Å². The zero-order valence-electron chi connectivity index (χ0n) is 21.1. The average Bonchev–Trinajstić information content (AvgIpc) is 3.42. The molecule has 180 valence electrons. The molecule has 2 heterocycles. The molecule has 3 rings (SSSR count). The van der Waals surface area contributed by atoms with E-state index in [1.54, 1.807) is 13.0 Å². The molecule has 0 aliphatic carbocycles. The fourth-order valence-corrected chi connectivity index (χ4v) is 2.93. The second-order valence-electron chi connectivity index (χ2n) is 6.65. The van der Waals surface area contributed by atoms with E-state index in [9.17, 15) is 0 Å². The van der Waals surface area contributed by atoms with Gasteiger partial charge in [0.25, 0.3) is 5.89 Å². The molecule has 0 aliphatic rings. The number of hydrogen-bond donors (Lipinski definition) is 2. The van der Waals surface area contributed by atoms with Crippen LogP contribution in [0.5, 0.6) is 0 Å². The number of benzene rings is 1. The minimum atomic E-state index is 0.494. The van der Waals surface area contributed by atoms with Gasteiger partial charge in [-0.05, 0) is 64.4 Å². The van der Waals surface area contributed by atoms with Crippen LogP contribution in [0.1, 0.15) is 58.9 Å². The fourth-order valence-electron chi connectivity index (χ4n) is 2.75. The number of aromatic nitrogens is 3. The molecule has 3 aromatic rings. The number of rotatable bonds is 5. The molecule has 5 nitrogen and oxygen atoms in total. The number of allylic oxidation sites excluding steroid dienone is 7. The summed E-state index contributed by atoms with van der Waals surface area (Å²) in [6.45, 7) is 15.3. The van der Waals surface area contributed by atoms with E-state index in [1.165, 1.54) is 12.6 Å². The van der Waals surface area contributed by atoms with Crippen LogP contribution >= 0.6 is 11.6 Å². The Kier molecular flexibility index (Phi) is 16.1. The minimum absolute atomic E-state index is 0.494. The molecule has 0 unspecified atom stereocenters. The van der Waals surface area contributed by atoms with Gasteiger partial charge in [0.05, 0.1) is 0 Å². The molecule has 0 amide bonds. The number of nitrogens with zero attached hydrogens (tertiary/aromatic N) is 2. The first-order valence-electron chi connectivity index (χ1n) is 11.2. The summed E-state index contributed by atoms with van der Waals surface area (Å²) in [4.78, 5) is 3.41. The summed E-state index contributed by atoms with van der Waals surface area (Å²) in [5.41, 5.74) is 8.60. The Bertz CT molecular complexity index is 1040. The van der Waals surface area contributed by atoms with Crippen molar-refractivity contribution in [1.29, 1.82) is 0 Å². The maximum Gasteiger partial charge on any atom is 0.264 e. The van der Waals surface area contributed by atoms with Crippen LogP contribution < -0.4 is 5.73 Å². The van der Waals surface area contributed by atoms with E-state index in [-0.39, 0.29) is 0 Å². The van der Waals surface area contributed by atoms with Crippen LogP contribution in [-0.2, 0) is 0 Å². The van der Waals surface area contributed by atoms with Crippen LogP contribution in [0.15, 0.2) is 65.7 Å². The van der Waals surface area contributed by atoms with Crippen molar-refractivity contribution in [2.24, 2.45) is 5.73 Å². The molecule has 2 aromatic heterocycles. The van der Waals surface area contributed by atoms with Gasteiger partial charge in [0, 0.05) is 28.4 Å². The van der Waals surface area contributed by atoms with Gasteiger partial charge in [-0.15, -0.1) is 16.8 Å². The number of aryl methyl sites for hydroxylation is 1. The highest BCUT2D eigenvalue weighted by molar-refractivity contribution is 6.31. The summed E-state index contributed by atoms with van der Waals surface area (Å²) in [6, 6.07) is 5.82. The highest BCUT2D eigenvalue weighted by atomic mass is 35.5. The van der Waals surface area contributed by atoms with Gasteiger partial charge in [-0.3, -0.25) is 0 Å². The molecular weight excluding hydrogens is 432 g/mol. The summed E-state index contributed by atoms with van der Waals surface area (Å²) in [5, 5.41) is 9.90. The van der Waals surface area contributed by atoms with E-state index in [1.807, 2.05) is 51.1 Å². The molecule has 0 aliphatic heterocycles. The highest BCUT2D eigenvalue weighted by Crippen LogP contribution is 2.37. The first-order chi connectivity index (χ1) is 16.0. The van der Waals surface area contributed by atoms with Gasteiger partial charge < -0.3 is 15.1 Å². The Balaban J connectivity index is 0.000000989. The molecule has 0 radical (unpaired) electrons. The maximum absolute atomic E-state index is 6.23. The Morgan fingerprint density at radius 1 is 1.15 bits per heavy atom. The first kappa shape index (κ1) is 30.1. The number of H-pyrrole nitrogens is 1. The van der Waals surface area contributed by atoms with Gasteiger partial charge in [-0.1, -0.05) is 61.9 Å². The Morgan fingerprint density at radius 3 is 2.27 bits per heavy atom. The lowest BCUT2D eigenvalue weighted by atomic mass is 9.99. The van der Waals surface area contributed by atoms with Gasteiger partial charge in [0.2, 0.25) is 5.89 Å². The maximum atomic E-state index is 6.23. The second-order valence-corrected chi connectivity index (χ2v) is 7.08. The van der Waals surface area contributed by atoms with E-state index in [4.69, 9.17) is 16.0 Å². The average molecular weight is 471 g/mol. The summed E-state index contributed by atoms with van der Waals surface area (Å²) in [7, 11) is 1.50.